The van der Waals surface area contributed by atoms with Crippen molar-refractivity contribution in [2.45, 2.75) is 61.5 Å². The topological polar surface area (TPSA) is 104 Å². The van der Waals surface area contributed by atoms with Gasteiger partial charge in [0.05, 0.1) is 0 Å². The lowest BCUT2D eigenvalue weighted by molar-refractivity contribution is -0.126. The maximum Gasteiger partial charge on any atom is 0.446 e. The molecular formula is C28H34F3N7OS. The molecule has 0 bridgehead atoms. The van der Waals surface area contributed by atoms with E-state index in [0.29, 0.717) is 42.8 Å². The Labute approximate surface area is 236 Å². The molecule has 1 atom stereocenters. The van der Waals surface area contributed by atoms with Gasteiger partial charge in [0, 0.05) is 37.0 Å². The van der Waals surface area contributed by atoms with Gasteiger partial charge in [0.15, 0.2) is 0 Å². The third-order valence-corrected chi connectivity index (χ3v) is 7.73. The van der Waals surface area contributed by atoms with Crippen molar-refractivity contribution < 1.29 is 18.0 Å². The summed E-state index contributed by atoms with van der Waals surface area (Å²) in [5, 5.41) is 12.5. The highest BCUT2D eigenvalue weighted by Gasteiger charge is 2.31. The highest BCUT2D eigenvalue weighted by atomic mass is 32.2. The molecule has 0 spiro atoms. The molecular weight excluding hydrogens is 539 g/mol. The summed E-state index contributed by atoms with van der Waals surface area (Å²) in [5.74, 6) is 1.32. The van der Waals surface area contributed by atoms with E-state index in [1.165, 1.54) is 11.6 Å². The molecule has 40 heavy (non-hydrogen) atoms. The monoisotopic (exact) mass is 573 g/mol. The van der Waals surface area contributed by atoms with Crippen molar-refractivity contribution in [2.75, 3.05) is 29.5 Å². The number of aromatic nitrogens is 3. The zero-order valence-corrected chi connectivity index (χ0v) is 23.3. The van der Waals surface area contributed by atoms with Crippen LogP contribution in [0.4, 0.5) is 31.0 Å². The fourth-order valence-electron chi connectivity index (χ4n) is 4.66. The van der Waals surface area contributed by atoms with E-state index in [1.807, 2.05) is 18.2 Å². The first-order valence-corrected chi connectivity index (χ1v) is 14.1. The van der Waals surface area contributed by atoms with Crippen molar-refractivity contribution in [3.8, 4) is 0 Å². The minimum absolute atomic E-state index is 0.0621. The summed E-state index contributed by atoms with van der Waals surface area (Å²) in [5.41, 5.74) is -2.71. The summed E-state index contributed by atoms with van der Waals surface area (Å²) < 4.78 is 38.6. The van der Waals surface area contributed by atoms with Crippen LogP contribution in [0.25, 0.3) is 0 Å². The number of hydrogen-bond acceptors (Lipinski definition) is 8. The molecule has 1 aliphatic rings. The molecule has 1 fully saturated rings. The van der Waals surface area contributed by atoms with E-state index >= 15 is 0 Å². The first-order chi connectivity index (χ1) is 19.2. The van der Waals surface area contributed by atoms with Gasteiger partial charge in [0.2, 0.25) is 23.8 Å². The quantitative estimate of drug-likeness (QED) is 0.206. The molecule has 3 aromatic rings. The first-order valence-electron chi connectivity index (χ1n) is 13.3. The highest BCUT2D eigenvalue weighted by Crippen LogP contribution is 2.38. The van der Waals surface area contributed by atoms with Crippen LogP contribution in [0, 0.1) is 5.92 Å². The van der Waals surface area contributed by atoms with E-state index in [1.54, 1.807) is 25.2 Å². The average molecular weight is 574 g/mol. The van der Waals surface area contributed by atoms with Crippen LogP contribution in [0.2, 0.25) is 0 Å². The summed E-state index contributed by atoms with van der Waals surface area (Å²) in [4.78, 5) is 26.3. The molecule has 1 aromatic heterocycles. The number of carbonyl (C=O) groups is 1. The van der Waals surface area contributed by atoms with Crippen LogP contribution < -0.4 is 21.3 Å². The number of benzene rings is 2. The Morgan fingerprint density at radius 2 is 1.60 bits per heavy atom. The minimum atomic E-state index is -4.38. The summed E-state index contributed by atoms with van der Waals surface area (Å²) in [6.45, 7) is 2.86. The summed E-state index contributed by atoms with van der Waals surface area (Å²) in [7, 11) is 1.75. The minimum Gasteiger partial charge on any atom is -0.357 e. The Balaban J connectivity index is 1.27. The van der Waals surface area contributed by atoms with Gasteiger partial charge in [-0.15, -0.1) is 0 Å². The number of halogens is 3. The second-order valence-electron chi connectivity index (χ2n) is 9.82. The molecule has 1 aliphatic carbocycles. The lowest BCUT2D eigenvalue weighted by Crippen LogP contribution is -2.36. The zero-order valence-electron chi connectivity index (χ0n) is 22.5. The molecule has 2 aromatic carbocycles. The third kappa shape index (κ3) is 8.73. The molecule has 214 valence electrons. The molecule has 4 rings (SSSR count). The fourth-order valence-corrected chi connectivity index (χ4v) is 5.33. The van der Waals surface area contributed by atoms with Gasteiger partial charge < -0.3 is 21.3 Å². The first kappa shape index (κ1) is 29.4. The van der Waals surface area contributed by atoms with Gasteiger partial charge in [-0.2, -0.15) is 28.1 Å². The van der Waals surface area contributed by atoms with Crippen LogP contribution >= 0.6 is 11.8 Å². The number of amides is 1. The van der Waals surface area contributed by atoms with Crippen LogP contribution in [0.3, 0.4) is 0 Å². The summed E-state index contributed by atoms with van der Waals surface area (Å²) >= 11 is -0.162. The van der Waals surface area contributed by atoms with Gasteiger partial charge in [0.1, 0.15) is 0 Å². The number of thioether (sulfide) groups is 1. The van der Waals surface area contributed by atoms with Gasteiger partial charge in [-0.1, -0.05) is 55.5 Å². The van der Waals surface area contributed by atoms with Crippen molar-refractivity contribution in [2.24, 2.45) is 5.92 Å². The number of nitrogens with zero attached hydrogens (tertiary/aromatic N) is 3. The van der Waals surface area contributed by atoms with E-state index in [-0.39, 0.29) is 47.0 Å². The van der Waals surface area contributed by atoms with Gasteiger partial charge in [-0.3, -0.25) is 4.79 Å². The molecule has 0 aliphatic heterocycles. The predicted molar refractivity (Wildman–Crippen MR) is 152 cm³/mol. The normalized spacial score (nSPS) is 18.0. The van der Waals surface area contributed by atoms with E-state index in [4.69, 9.17) is 0 Å². The number of rotatable bonds is 11. The summed E-state index contributed by atoms with van der Waals surface area (Å²) in [6, 6.07) is 16.6. The average Bonchev–Trinajstić information content (AvgIpc) is 2.95. The summed E-state index contributed by atoms with van der Waals surface area (Å²) in [6.07, 6.45) is 2.80. The van der Waals surface area contributed by atoms with E-state index in [2.05, 4.69) is 55.3 Å². The SMILES string of the molecule is CNc1nc(NCC(C)c2ccccc2)nc(NC2CCC(C(=O)NCc3ccccc3SC(F)(F)F)CC2)n1. The van der Waals surface area contributed by atoms with Crippen molar-refractivity contribution in [1.29, 1.82) is 0 Å². The smallest absolute Gasteiger partial charge is 0.357 e. The lowest BCUT2D eigenvalue weighted by atomic mass is 9.85. The van der Waals surface area contributed by atoms with Crippen molar-refractivity contribution in [3.63, 3.8) is 0 Å². The number of alkyl halides is 3. The van der Waals surface area contributed by atoms with Gasteiger partial charge in [-0.25, -0.2) is 0 Å². The molecule has 8 nitrogen and oxygen atoms in total. The third-order valence-electron chi connectivity index (χ3n) is 6.88. The largest absolute Gasteiger partial charge is 0.446 e. The standard InChI is InChI=1S/C28H34F3N7OS/c1-18(19-8-4-3-5-9-19)16-34-26-36-25(32-2)37-27(38-26)35-22-14-12-20(13-15-22)24(39)33-17-21-10-6-7-11-23(21)40-28(29,30)31/h3-11,18,20,22H,12-17H2,1-2H3,(H,33,39)(H3,32,34,35,36,37,38). The number of anilines is 3. The van der Waals surface area contributed by atoms with Gasteiger partial charge in [-0.05, 0) is 60.6 Å². The Morgan fingerprint density at radius 3 is 2.30 bits per heavy atom. The Hall–Kier alpha value is -3.54. The number of nitrogens with one attached hydrogen (secondary N) is 4. The maximum atomic E-state index is 12.9. The molecule has 1 amide bonds. The van der Waals surface area contributed by atoms with Crippen molar-refractivity contribution in [1.82, 2.24) is 20.3 Å². The van der Waals surface area contributed by atoms with Crippen LogP contribution in [0.5, 0.6) is 0 Å². The molecule has 1 heterocycles. The lowest BCUT2D eigenvalue weighted by Gasteiger charge is -2.28. The van der Waals surface area contributed by atoms with E-state index in [9.17, 15) is 18.0 Å². The number of hydrogen-bond donors (Lipinski definition) is 4. The van der Waals surface area contributed by atoms with Gasteiger partial charge in [0.25, 0.3) is 0 Å². The van der Waals surface area contributed by atoms with Gasteiger partial charge >= 0.3 is 5.51 Å². The molecule has 1 unspecified atom stereocenters. The Bertz CT molecular complexity index is 1250. The van der Waals surface area contributed by atoms with Crippen LogP contribution in [0.1, 0.15) is 49.7 Å². The van der Waals surface area contributed by atoms with Crippen molar-refractivity contribution >= 4 is 35.5 Å². The van der Waals surface area contributed by atoms with Crippen LogP contribution in [-0.4, -0.2) is 46.0 Å². The Kier molecular flexibility index (Phi) is 10.1. The molecule has 1 saturated carbocycles. The second kappa shape index (κ2) is 13.7. The fraction of sp³-hybridized carbons (Fsp3) is 0.429. The maximum absolute atomic E-state index is 12.9. The highest BCUT2D eigenvalue weighted by molar-refractivity contribution is 8.00. The zero-order chi connectivity index (χ0) is 28.5. The van der Waals surface area contributed by atoms with E-state index < -0.39 is 5.51 Å². The Morgan fingerprint density at radius 1 is 0.950 bits per heavy atom. The second-order valence-corrected chi connectivity index (χ2v) is 10.9. The van der Waals surface area contributed by atoms with E-state index in [0.717, 1.165) is 12.8 Å². The predicted octanol–water partition coefficient (Wildman–Crippen LogP) is 6.03. The molecule has 4 N–H and O–H groups in total. The molecule has 0 saturated heterocycles. The molecule has 0 radical (unpaired) electrons. The van der Waals surface area contributed by atoms with Crippen molar-refractivity contribution in [3.05, 3.63) is 65.7 Å². The van der Waals surface area contributed by atoms with Crippen LogP contribution in [0.15, 0.2) is 59.5 Å². The van der Waals surface area contributed by atoms with Crippen LogP contribution in [-0.2, 0) is 11.3 Å². The molecule has 12 heteroatoms. The number of carbonyl (C=O) groups excluding carboxylic acids is 1.